The Morgan fingerprint density at radius 1 is 1.33 bits per heavy atom. The van der Waals surface area contributed by atoms with Crippen molar-refractivity contribution in [1.82, 2.24) is 4.57 Å². The van der Waals surface area contributed by atoms with Crippen LogP contribution >= 0.6 is 11.3 Å². The molecular weight excluding hydrogens is 202 g/mol. The third-order valence-corrected chi connectivity index (χ3v) is 4.07. The lowest BCUT2D eigenvalue weighted by molar-refractivity contribution is 0.693. The molecule has 0 aromatic carbocycles. The van der Waals surface area contributed by atoms with Gasteiger partial charge in [0.15, 0.2) is 0 Å². The summed E-state index contributed by atoms with van der Waals surface area (Å²) in [6.07, 6.45) is 3.82. The first-order valence-corrected chi connectivity index (χ1v) is 6.72. The van der Waals surface area contributed by atoms with E-state index in [2.05, 4.69) is 36.8 Å². The molecule has 0 aliphatic rings. The summed E-state index contributed by atoms with van der Waals surface area (Å²) in [6.45, 7) is 7.88. The Labute approximate surface area is 95.7 Å². The zero-order valence-corrected chi connectivity index (χ0v) is 10.7. The van der Waals surface area contributed by atoms with E-state index in [1.165, 1.54) is 35.0 Å². The Morgan fingerprint density at radius 2 is 2.13 bits per heavy atom. The van der Waals surface area contributed by atoms with Crippen LogP contribution in [0.1, 0.15) is 37.9 Å². The standard InChI is InChI=1S/C13H19NS/c1-4-6-7-12-10(3)11-8-9-15-13(11)14(12)5-2/h8-9H,4-7H2,1-3H3. The zero-order chi connectivity index (χ0) is 10.8. The van der Waals surface area contributed by atoms with Gasteiger partial charge in [-0.1, -0.05) is 13.3 Å². The van der Waals surface area contributed by atoms with Crippen molar-refractivity contribution in [2.75, 3.05) is 0 Å². The number of unbranched alkanes of at least 4 members (excludes halogenated alkanes) is 1. The van der Waals surface area contributed by atoms with Crippen LogP contribution in [0.2, 0.25) is 0 Å². The monoisotopic (exact) mass is 221 g/mol. The van der Waals surface area contributed by atoms with Gasteiger partial charge in [-0.3, -0.25) is 0 Å². The van der Waals surface area contributed by atoms with Crippen molar-refractivity contribution in [3.8, 4) is 0 Å². The molecule has 82 valence electrons. The van der Waals surface area contributed by atoms with Crippen LogP contribution in [0.5, 0.6) is 0 Å². The first kappa shape index (κ1) is 10.7. The second kappa shape index (κ2) is 4.40. The van der Waals surface area contributed by atoms with Crippen LogP contribution in [0, 0.1) is 6.92 Å². The Kier molecular flexibility index (Phi) is 3.15. The van der Waals surface area contributed by atoms with E-state index in [1.54, 1.807) is 5.69 Å². The predicted octanol–water partition coefficient (Wildman–Crippen LogP) is 4.37. The number of aromatic nitrogens is 1. The minimum Gasteiger partial charge on any atom is -0.336 e. The van der Waals surface area contributed by atoms with Crippen molar-refractivity contribution in [2.24, 2.45) is 0 Å². The highest BCUT2D eigenvalue weighted by Gasteiger charge is 2.12. The zero-order valence-electron chi connectivity index (χ0n) is 9.84. The van der Waals surface area contributed by atoms with E-state index in [0.29, 0.717) is 0 Å². The van der Waals surface area contributed by atoms with Crippen LogP contribution in [-0.2, 0) is 13.0 Å². The molecule has 0 saturated heterocycles. The van der Waals surface area contributed by atoms with Crippen LogP contribution in [0.15, 0.2) is 11.4 Å². The van der Waals surface area contributed by atoms with Crippen LogP contribution in [-0.4, -0.2) is 4.57 Å². The van der Waals surface area contributed by atoms with Crippen LogP contribution < -0.4 is 0 Å². The Hall–Kier alpha value is -0.760. The molecule has 2 aromatic rings. The van der Waals surface area contributed by atoms with Crippen molar-refractivity contribution in [3.63, 3.8) is 0 Å². The minimum absolute atomic E-state index is 1.10. The lowest BCUT2D eigenvalue weighted by atomic mass is 10.1. The van der Waals surface area contributed by atoms with Gasteiger partial charge in [0.25, 0.3) is 0 Å². The molecule has 0 N–H and O–H groups in total. The van der Waals surface area contributed by atoms with Crippen LogP contribution in [0.3, 0.4) is 0 Å². The van der Waals surface area contributed by atoms with Gasteiger partial charge in [0.2, 0.25) is 0 Å². The lowest BCUT2D eigenvalue weighted by Crippen LogP contribution is -2.01. The fourth-order valence-electron chi connectivity index (χ4n) is 2.28. The molecule has 2 aromatic heterocycles. The fraction of sp³-hybridized carbons (Fsp3) is 0.538. The Bertz CT molecular complexity index is 450. The van der Waals surface area contributed by atoms with Crippen molar-refractivity contribution in [1.29, 1.82) is 0 Å². The van der Waals surface area contributed by atoms with Crippen LogP contribution in [0.4, 0.5) is 0 Å². The van der Waals surface area contributed by atoms with Gasteiger partial charge < -0.3 is 4.57 Å². The smallest absolute Gasteiger partial charge is 0.103 e. The molecule has 0 bridgehead atoms. The number of hydrogen-bond acceptors (Lipinski definition) is 1. The molecule has 0 atom stereocenters. The summed E-state index contributed by atoms with van der Waals surface area (Å²) < 4.78 is 2.49. The quantitative estimate of drug-likeness (QED) is 0.722. The van der Waals surface area contributed by atoms with Crippen molar-refractivity contribution < 1.29 is 0 Å². The summed E-state index contributed by atoms with van der Waals surface area (Å²) >= 11 is 1.87. The number of rotatable bonds is 4. The summed E-state index contributed by atoms with van der Waals surface area (Å²) in [4.78, 5) is 1.46. The molecule has 15 heavy (non-hydrogen) atoms. The third kappa shape index (κ3) is 1.71. The molecule has 1 nitrogen and oxygen atoms in total. The van der Waals surface area contributed by atoms with Gasteiger partial charge in [0.05, 0.1) is 0 Å². The van der Waals surface area contributed by atoms with Gasteiger partial charge in [-0.2, -0.15) is 0 Å². The number of hydrogen-bond donors (Lipinski definition) is 0. The second-order valence-electron chi connectivity index (χ2n) is 4.06. The van der Waals surface area contributed by atoms with Crippen LogP contribution in [0.25, 0.3) is 10.2 Å². The number of nitrogens with zero attached hydrogens (tertiary/aromatic N) is 1. The van der Waals surface area contributed by atoms with Gasteiger partial charge >= 0.3 is 0 Å². The molecule has 2 heteroatoms. The molecule has 0 fully saturated rings. The summed E-state index contributed by atoms with van der Waals surface area (Å²) in [5.41, 5.74) is 3.06. The molecule has 0 saturated carbocycles. The van der Waals surface area contributed by atoms with E-state index in [-0.39, 0.29) is 0 Å². The first-order valence-electron chi connectivity index (χ1n) is 5.84. The number of aryl methyl sites for hydroxylation is 2. The molecule has 0 unspecified atom stereocenters. The molecule has 0 radical (unpaired) electrons. The molecule has 0 aliphatic heterocycles. The SMILES string of the molecule is CCCCc1c(C)c2ccsc2n1CC. The highest BCUT2D eigenvalue weighted by atomic mass is 32.1. The summed E-state index contributed by atoms with van der Waals surface area (Å²) in [7, 11) is 0. The molecule has 2 heterocycles. The van der Waals surface area contributed by atoms with E-state index in [1.807, 2.05) is 11.3 Å². The topological polar surface area (TPSA) is 4.93 Å². The number of fused-ring (bicyclic) bond motifs is 1. The van der Waals surface area contributed by atoms with Gasteiger partial charge in [0.1, 0.15) is 4.83 Å². The van der Waals surface area contributed by atoms with E-state index in [4.69, 9.17) is 0 Å². The normalized spacial score (nSPS) is 11.4. The highest BCUT2D eigenvalue weighted by molar-refractivity contribution is 7.16. The maximum absolute atomic E-state index is 2.49. The lowest BCUT2D eigenvalue weighted by Gasteiger charge is -2.07. The Morgan fingerprint density at radius 3 is 2.80 bits per heavy atom. The summed E-state index contributed by atoms with van der Waals surface area (Å²) in [5, 5.41) is 3.67. The molecule has 0 spiro atoms. The first-order chi connectivity index (χ1) is 7.29. The second-order valence-corrected chi connectivity index (χ2v) is 4.95. The van der Waals surface area contributed by atoms with Gasteiger partial charge in [-0.05, 0) is 43.7 Å². The highest BCUT2D eigenvalue weighted by Crippen LogP contribution is 2.30. The van der Waals surface area contributed by atoms with Gasteiger partial charge in [-0.15, -0.1) is 11.3 Å². The maximum atomic E-state index is 2.49. The van der Waals surface area contributed by atoms with Gasteiger partial charge in [0, 0.05) is 17.6 Å². The summed E-state index contributed by atoms with van der Waals surface area (Å²) in [6, 6.07) is 2.26. The average molecular weight is 221 g/mol. The van der Waals surface area contributed by atoms with E-state index in [9.17, 15) is 0 Å². The van der Waals surface area contributed by atoms with Crippen molar-refractivity contribution in [2.45, 2.75) is 46.6 Å². The maximum Gasteiger partial charge on any atom is 0.103 e. The molecule has 0 amide bonds. The third-order valence-electron chi connectivity index (χ3n) is 3.14. The van der Waals surface area contributed by atoms with Crippen molar-refractivity contribution in [3.05, 3.63) is 22.7 Å². The van der Waals surface area contributed by atoms with Crippen molar-refractivity contribution >= 4 is 21.6 Å². The molecule has 2 rings (SSSR count). The van der Waals surface area contributed by atoms with E-state index < -0.39 is 0 Å². The van der Waals surface area contributed by atoms with Gasteiger partial charge in [-0.25, -0.2) is 0 Å². The molecular formula is C13H19NS. The Balaban J connectivity index is 2.50. The minimum atomic E-state index is 1.10. The predicted molar refractivity (Wildman–Crippen MR) is 68.8 cm³/mol. The number of thiophene rings is 1. The average Bonchev–Trinajstić information content (AvgIpc) is 2.79. The molecule has 0 aliphatic carbocycles. The summed E-state index contributed by atoms with van der Waals surface area (Å²) in [5.74, 6) is 0. The fourth-order valence-corrected chi connectivity index (χ4v) is 3.32. The largest absolute Gasteiger partial charge is 0.336 e. The van der Waals surface area contributed by atoms with E-state index >= 15 is 0 Å². The van der Waals surface area contributed by atoms with E-state index in [0.717, 1.165) is 6.54 Å².